The second kappa shape index (κ2) is 5.30. The van der Waals surface area contributed by atoms with E-state index >= 15 is 0 Å². The van der Waals surface area contributed by atoms with Gasteiger partial charge < -0.3 is 5.11 Å². The lowest BCUT2D eigenvalue weighted by Gasteiger charge is -2.32. The van der Waals surface area contributed by atoms with Crippen LogP contribution in [-0.2, 0) is 10.0 Å². The van der Waals surface area contributed by atoms with Gasteiger partial charge in [-0.25, -0.2) is 13.2 Å². The lowest BCUT2D eigenvalue weighted by atomic mass is 10.1. The number of hydrogen-bond acceptors (Lipinski definition) is 3. The van der Waals surface area contributed by atoms with Crippen LogP contribution in [0.25, 0.3) is 0 Å². The van der Waals surface area contributed by atoms with Crippen LogP contribution in [0.3, 0.4) is 0 Å². The van der Waals surface area contributed by atoms with E-state index in [1.807, 2.05) is 6.92 Å². The smallest absolute Gasteiger partial charge is 0.335 e. The van der Waals surface area contributed by atoms with Crippen molar-refractivity contribution >= 4 is 16.0 Å². The molecule has 1 aliphatic rings. The fraction of sp³-hybridized carbons (Fsp3) is 0.462. The molecule has 104 valence electrons. The Hall–Kier alpha value is -1.40. The Kier molecular flexibility index (Phi) is 3.91. The number of piperidine rings is 1. The van der Waals surface area contributed by atoms with E-state index in [0.717, 1.165) is 19.3 Å². The minimum atomic E-state index is -3.60. The number of carboxylic acids is 1. The van der Waals surface area contributed by atoms with Gasteiger partial charge in [-0.15, -0.1) is 0 Å². The van der Waals surface area contributed by atoms with Crippen LogP contribution in [0.4, 0.5) is 0 Å². The Morgan fingerprint density at radius 1 is 1.37 bits per heavy atom. The maximum Gasteiger partial charge on any atom is 0.335 e. The SMILES string of the molecule is C[C@@H]1CCCCN1S(=O)(=O)c1cccc(C(=O)O)c1. The van der Waals surface area contributed by atoms with E-state index in [0.29, 0.717) is 6.54 Å². The number of sulfonamides is 1. The molecular weight excluding hydrogens is 266 g/mol. The first-order chi connectivity index (χ1) is 8.93. The summed E-state index contributed by atoms with van der Waals surface area (Å²) in [6, 6.07) is 5.49. The van der Waals surface area contributed by atoms with Crippen molar-refractivity contribution in [2.24, 2.45) is 0 Å². The van der Waals surface area contributed by atoms with E-state index < -0.39 is 16.0 Å². The monoisotopic (exact) mass is 283 g/mol. The number of nitrogens with zero attached hydrogens (tertiary/aromatic N) is 1. The van der Waals surface area contributed by atoms with E-state index in [1.54, 1.807) is 0 Å². The minimum absolute atomic E-state index is 0.00858. The summed E-state index contributed by atoms with van der Waals surface area (Å²) in [7, 11) is -3.60. The zero-order valence-electron chi connectivity index (χ0n) is 10.7. The average molecular weight is 283 g/mol. The molecule has 0 spiro atoms. The Bertz CT molecular complexity index is 582. The standard InChI is InChI=1S/C13H17NO4S/c1-10-5-2-3-8-14(10)19(17,18)12-7-4-6-11(9-12)13(15)16/h4,6-7,9-10H,2-3,5,8H2,1H3,(H,15,16)/t10-/m1/s1. The van der Waals surface area contributed by atoms with Gasteiger partial charge in [0, 0.05) is 12.6 Å². The quantitative estimate of drug-likeness (QED) is 0.920. The Labute approximate surface area is 112 Å². The second-order valence-electron chi connectivity index (χ2n) is 4.79. The first kappa shape index (κ1) is 14.0. The van der Waals surface area contributed by atoms with Crippen molar-refractivity contribution in [1.29, 1.82) is 0 Å². The molecule has 0 unspecified atom stereocenters. The average Bonchev–Trinajstić information content (AvgIpc) is 2.39. The molecule has 5 nitrogen and oxygen atoms in total. The van der Waals surface area contributed by atoms with Crippen LogP contribution in [0.1, 0.15) is 36.5 Å². The van der Waals surface area contributed by atoms with Crippen molar-refractivity contribution in [3.8, 4) is 0 Å². The summed E-state index contributed by atoms with van der Waals surface area (Å²) in [6.45, 7) is 2.39. The molecule has 0 radical (unpaired) electrons. The summed E-state index contributed by atoms with van der Waals surface area (Å²) in [5, 5.41) is 8.93. The van der Waals surface area contributed by atoms with Crippen molar-refractivity contribution in [3.63, 3.8) is 0 Å². The number of carboxylic acid groups (broad SMARTS) is 1. The molecule has 0 aromatic heterocycles. The van der Waals surface area contributed by atoms with Crippen LogP contribution < -0.4 is 0 Å². The fourth-order valence-corrected chi connectivity index (χ4v) is 4.10. The van der Waals surface area contributed by atoms with E-state index in [9.17, 15) is 13.2 Å². The highest BCUT2D eigenvalue weighted by Gasteiger charge is 2.31. The molecule has 0 bridgehead atoms. The van der Waals surface area contributed by atoms with Gasteiger partial charge in [0.1, 0.15) is 0 Å². The number of aromatic carboxylic acids is 1. The minimum Gasteiger partial charge on any atom is -0.478 e. The fourth-order valence-electron chi connectivity index (χ4n) is 2.35. The number of hydrogen-bond donors (Lipinski definition) is 1. The molecule has 2 rings (SSSR count). The number of benzene rings is 1. The largest absolute Gasteiger partial charge is 0.478 e. The normalized spacial score (nSPS) is 21.2. The van der Waals surface area contributed by atoms with Crippen LogP contribution in [-0.4, -0.2) is 36.4 Å². The molecule has 1 fully saturated rings. The molecule has 1 atom stereocenters. The van der Waals surface area contributed by atoms with Crippen LogP contribution in [0, 0.1) is 0 Å². The van der Waals surface area contributed by atoms with E-state index in [2.05, 4.69) is 0 Å². The lowest BCUT2D eigenvalue weighted by Crippen LogP contribution is -2.41. The first-order valence-electron chi connectivity index (χ1n) is 6.28. The molecule has 6 heteroatoms. The van der Waals surface area contributed by atoms with Crippen molar-refractivity contribution in [2.45, 2.75) is 37.1 Å². The van der Waals surface area contributed by atoms with Gasteiger partial charge in [0.2, 0.25) is 10.0 Å². The third-order valence-corrected chi connectivity index (χ3v) is 5.44. The zero-order valence-corrected chi connectivity index (χ0v) is 11.6. The third kappa shape index (κ3) is 2.79. The highest BCUT2D eigenvalue weighted by atomic mass is 32.2. The summed E-state index contributed by atoms with van der Waals surface area (Å²) in [5.74, 6) is -1.12. The van der Waals surface area contributed by atoms with Crippen molar-refractivity contribution < 1.29 is 18.3 Å². The molecule has 0 aliphatic carbocycles. The molecule has 1 heterocycles. The number of carbonyl (C=O) groups is 1. The topological polar surface area (TPSA) is 74.7 Å². The molecule has 1 saturated heterocycles. The maximum atomic E-state index is 12.5. The first-order valence-corrected chi connectivity index (χ1v) is 7.72. The van der Waals surface area contributed by atoms with Gasteiger partial charge in [-0.1, -0.05) is 12.5 Å². The van der Waals surface area contributed by atoms with E-state index in [-0.39, 0.29) is 16.5 Å². The zero-order chi connectivity index (χ0) is 14.0. The highest BCUT2D eigenvalue weighted by Crippen LogP contribution is 2.25. The molecule has 1 N–H and O–H groups in total. The third-order valence-electron chi connectivity index (χ3n) is 3.43. The Morgan fingerprint density at radius 3 is 2.74 bits per heavy atom. The molecule has 1 aromatic rings. The van der Waals surface area contributed by atoms with Gasteiger partial charge in [0.15, 0.2) is 0 Å². The Balaban J connectivity index is 2.38. The van der Waals surface area contributed by atoms with Crippen molar-refractivity contribution in [3.05, 3.63) is 29.8 Å². The van der Waals surface area contributed by atoms with Gasteiger partial charge in [0.25, 0.3) is 0 Å². The van der Waals surface area contributed by atoms with Crippen LogP contribution in [0.2, 0.25) is 0 Å². The molecule has 1 aromatic carbocycles. The predicted octanol–water partition coefficient (Wildman–Crippen LogP) is 1.95. The van der Waals surface area contributed by atoms with Crippen LogP contribution in [0.15, 0.2) is 29.2 Å². The molecular formula is C13H17NO4S. The molecule has 1 aliphatic heterocycles. The summed E-state index contributed by atoms with van der Waals surface area (Å²) < 4.78 is 26.5. The van der Waals surface area contributed by atoms with Gasteiger partial charge in [-0.05, 0) is 38.0 Å². The predicted molar refractivity (Wildman–Crippen MR) is 70.6 cm³/mol. The maximum absolute atomic E-state index is 12.5. The van der Waals surface area contributed by atoms with Crippen molar-refractivity contribution in [2.75, 3.05) is 6.54 Å². The van der Waals surface area contributed by atoms with Gasteiger partial charge in [-0.2, -0.15) is 4.31 Å². The summed E-state index contributed by atoms with van der Waals surface area (Å²) >= 11 is 0. The number of rotatable bonds is 3. The van der Waals surface area contributed by atoms with Gasteiger partial charge >= 0.3 is 5.97 Å². The summed E-state index contributed by atoms with van der Waals surface area (Å²) in [4.78, 5) is 11.0. The van der Waals surface area contributed by atoms with E-state index in [4.69, 9.17) is 5.11 Å². The molecule has 0 amide bonds. The Morgan fingerprint density at radius 2 is 2.11 bits per heavy atom. The summed E-state index contributed by atoms with van der Waals surface area (Å²) in [5.41, 5.74) is -0.00858. The van der Waals surface area contributed by atoms with E-state index in [1.165, 1.54) is 28.6 Å². The van der Waals surface area contributed by atoms with Crippen LogP contribution in [0.5, 0.6) is 0 Å². The molecule has 0 saturated carbocycles. The van der Waals surface area contributed by atoms with Crippen molar-refractivity contribution in [1.82, 2.24) is 4.31 Å². The van der Waals surface area contributed by atoms with Crippen LogP contribution >= 0.6 is 0 Å². The highest BCUT2D eigenvalue weighted by molar-refractivity contribution is 7.89. The summed E-state index contributed by atoms with van der Waals surface area (Å²) in [6.07, 6.45) is 2.72. The van der Waals surface area contributed by atoms with Gasteiger partial charge in [-0.3, -0.25) is 0 Å². The lowest BCUT2D eigenvalue weighted by molar-refractivity contribution is 0.0696. The second-order valence-corrected chi connectivity index (χ2v) is 6.68. The molecule has 19 heavy (non-hydrogen) atoms. The van der Waals surface area contributed by atoms with Gasteiger partial charge in [0.05, 0.1) is 10.5 Å².